The van der Waals surface area contributed by atoms with Gasteiger partial charge in [-0.25, -0.2) is 13.9 Å². The monoisotopic (exact) mass is 436 g/mol. The number of amides is 1. The predicted molar refractivity (Wildman–Crippen MR) is 115 cm³/mol. The zero-order valence-corrected chi connectivity index (χ0v) is 17.5. The summed E-state index contributed by atoms with van der Waals surface area (Å²) in [4.78, 5) is 32.6. The van der Waals surface area contributed by atoms with E-state index in [0.717, 1.165) is 0 Å². The number of nitrogens with zero attached hydrogens (tertiary/aromatic N) is 4. The van der Waals surface area contributed by atoms with Gasteiger partial charge in [-0.1, -0.05) is 6.07 Å². The summed E-state index contributed by atoms with van der Waals surface area (Å²) in [6, 6.07) is 8.45. The summed E-state index contributed by atoms with van der Waals surface area (Å²) in [6.45, 7) is 3.01. The Morgan fingerprint density at radius 3 is 2.84 bits per heavy atom. The molecule has 0 aliphatic carbocycles. The number of aromatic amines is 1. The molecule has 5 rings (SSSR count). The lowest BCUT2D eigenvalue weighted by Crippen LogP contribution is -2.60. The molecule has 4 aromatic rings. The van der Waals surface area contributed by atoms with E-state index in [1.54, 1.807) is 37.4 Å². The van der Waals surface area contributed by atoms with Gasteiger partial charge in [0.1, 0.15) is 28.6 Å². The second kappa shape index (κ2) is 7.72. The summed E-state index contributed by atoms with van der Waals surface area (Å²) in [5.74, 6) is -0.138. The first-order chi connectivity index (χ1) is 15.5. The maximum Gasteiger partial charge on any atom is 0.274 e. The van der Waals surface area contributed by atoms with Crippen molar-refractivity contribution in [3.8, 4) is 5.75 Å². The second-order valence-electron chi connectivity index (χ2n) is 7.80. The summed E-state index contributed by atoms with van der Waals surface area (Å²) in [7, 11) is 1.55. The third kappa shape index (κ3) is 3.28. The molecule has 0 spiro atoms. The average molecular weight is 436 g/mol. The Morgan fingerprint density at radius 1 is 1.28 bits per heavy atom. The molecule has 2 atom stereocenters. The van der Waals surface area contributed by atoms with Gasteiger partial charge in [0.25, 0.3) is 11.5 Å². The van der Waals surface area contributed by atoms with Gasteiger partial charge in [-0.15, -0.1) is 0 Å². The SMILES string of the molecule is CNC(=O)c1ccc(O[C@H]2CN(Cc3ccc4c([nH]c(=O)c5ccnn54)c3F)[C@@H]2C)cn1. The largest absolute Gasteiger partial charge is 0.486 e. The van der Waals surface area contributed by atoms with E-state index in [1.165, 1.54) is 16.9 Å². The van der Waals surface area contributed by atoms with Crippen molar-refractivity contribution in [3.63, 3.8) is 0 Å². The summed E-state index contributed by atoms with van der Waals surface area (Å²) in [5, 5.41) is 6.65. The average Bonchev–Trinajstić information content (AvgIpc) is 3.31. The topological polar surface area (TPSA) is 105 Å². The molecule has 32 heavy (non-hydrogen) atoms. The van der Waals surface area contributed by atoms with Crippen molar-refractivity contribution >= 4 is 22.5 Å². The normalized spacial score (nSPS) is 18.6. The molecule has 1 amide bonds. The molecule has 1 fully saturated rings. The molecule has 10 heteroatoms. The van der Waals surface area contributed by atoms with Crippen LogP contribution in [0.4, 0.5) is 4.39 Å². The highest BCUT2D eigenvalue weighted by atomic mass is 19.1. The summed E-state index contributed by atoms with van der Waals surface area (Å²) < 4.78 is 22.6. The molecule has 9 nitrogen and oxygen atoms in total. The Labute approximate surface area is 181 Å². The van der Waals surface area contributed by atoms with Gasteiger partial charge < -0.3 is 15.0 Å². The fraction of sp³-hybridized carbons (Fsp3) is 0.273. The zero-order chi connectivity index (χ0) is 22.4. The fourth-order valence-corrected chi connectivity index (χ4v) is 3.97. The third-order valence-corrected chi connectivity index (χ3v) is 5.93. The third-order valence-electron chi connectivity index (χ3n) is 5.93. The number of likely N-dealkylation sites (tertiary alicyclic amines) is 1. The molecule has 4 heterocycles. The minimum absolute atomic E-state index is 0.0522. The molecule has 3 aromatic heterocycles. The lowest BCUT2D eigenvalue weighted by Gasteiger charge is -2.45. The first kappa shape index (κ1) is 20.1. The number of benzene rings is 1. The number of fused-ring (bicyclic) bond motifs is 3. The standard InChI is InChI=1S/C22H21FN6O3/c1-12-18(32-14-4-5-15(25-9-14)21(30)24-2)11-28(12)10-13-3-6-16-20(19(13)23)27-22(31)17-7-8-26-29(16)17/h3-9,12,18H,10-11H2,1-2H3,(H,24,30)(H,27,31)/t12-,18+/m1/s1. The van der Waals surface area contributed by atoms with E-state index in [-0.39, 0.29) is 29.1 Å². The maximum atomic E-state index is 15.2. The van der Waals surface area contributed by atoms with Crippen LogP contribution in [0.25, 0.3) is 16.6 Å². The Morgan fingerprint density at radius 2 is 2.12 bits per heavy atom. The summed E-state index contributed by atoms with van der Waals surface area (Å²) in [6.07, 6.45) is 2.96. The van der Waals surface area contributed by atoms with E-state index in [2.05, 4.69) is 25.3 Å². The molecule has 1 aromatic carbocycles. The van der Waals surface area contributed by atoms with Crippen LogP contribution < -0.4 is 15.6 Å². The van der Waals surface area contributed by atoms with E-state index in [0.29, 0.717) is 41.1 Å². The van der Waals surface area contributed by atoms with Gasteiger partial charge in [-0.05, 0) is 31.2 Å². The van der Waals surface area contributed by atoms with Gasteiger partial charge in [0.05, 0.1) is 17.9 Å². The van der Waals surface area contributed by atoms with Crippen LogP contribution in [0.3, 0.4) is 0 Å². The number of rotatable bonds is 5. The lowest BCUT2D eigenvalue weighted by molar-refractivity contribution is -0.0419. The number of H-pyrrole nitrogens is 1. The molecule has 0 unspecified atom stereocenters. The number of hydrogen-bond donors (Lipinski definition) is 2. The number of halogens is 1. The molecular weight excluding hydrogens is 415 g/mol. The highest BCUT2D eigenvalue weighted by Crippen LogP contribution is 2.28. The highest BCUT2D eigenvalue weighted by molar-refractivity contribution is 5.92. The Balaban J connectivity index is 1.29. The summed E-state index contributed by atoms with van der Waals surface area (Å²) >= 11 is 0. The van der Waals surface area contributed by atoms with E-state index >= 15 is 4.39 Å². The van der Waals surface area contributed by atoms with Gasteiger partial charge in [0.2, 0.25) is 0 Å². The van der Waals surface area contributed by atoms with Crippen LogP contribution in [0, 0.1) is 5.82 Å². The van der Waals surface area contributed by atoms with E-state index in [9.17, 15) is 9.59 Å². The maximum absolute atomic E-state index is 15.2. The molecule has 0 saturated carbocycles. The number of carbonyl (C=O) groups is 1. The fourth-order valence-electron chi connectivity index (χ4n) is 3.97. The van der Waals surface area contributed by atoms with Crippen LogP contribution >= 0.6 is 0 Å². The lowest BCUT2D eigenvalue weighted by atomic mass is 9.99. The number of hydrogen-bond acceptors (Lipinski definition) is 6. The van der Waals surface area contributed by atoms with Crippen molar-refractivity contribution in [1.29, 1.82) is 0 Å². The van der Waals surface area contributed by atoms with Crippen molar-refractivity contribution in [2.45, 2.75) is 25.6 Å². The molecule has 0 bridgehead atoms. The highest BCUT2D eigenvalue weighted by Gasteiger charge is 2.37. The van der Waals surface area contributed by atoms with Crippen LogP contribution in [-0.4, -0.2) is 56.1 Å². The number of nitrogens with one attached hydrogen (secondary N) is 2. The van der Waals surface area contributed by atoms with Gasteiger partial charge in [-0.3, -0.25) is 14.5 Å². The van der Waals surface area contributed by atoms with Crippen molar-refractivity contribution in [3.05, 3.63) is 70.2 Å². The van der Waals surface area contributed by atoms with Crippen molar-refractivity contribution in [1.82, 2.24) is 29.8 Å². The van der Waals surface area contributed by atoms with Gasteiger partial charge >= 0.3 is 0 Å². The molecule has 1 aliphatic rings. The van der Waals surface area contributed by atoms with Crippen molar-refractivity contribution in [2.75, 3.05) is 13.6 Å². The summed E-state index contributed by atoms with van der Waals surface area (Å²) in [5.41, 5.74) is 1.46. The van der Waals surface area contributed by atoms with Crippen molar-refractivity contribution in [2.24, 2.45) is 0 Å². The Bertz CT molecular complexity index is 1380. The number of carbonyl (C=O) groups excluding carboxylic acids is 1. The molecule has 1 aliphatic heterocycles. The van der Waals surface area contributed by atoms with Crippen LogP contribution in [0.2, 0.25) is 0 Å². The van der Waals surface area contributed by atoms with Crippen LogP contribution in [0.15, 0.2) is 47.5 Å². The molecule has 164 valence electrons. The first-order valence-electron chi connectivity index (χ1n) is 10.2. The van der Waals surface area contributed by atoms with Gasteiger partial charge in [-0.2, -0.15) is 5.10 Å². The Kier molecular flexibility index (Phi) is 4.86. The van der Waals surface area contributed by atoms with Crippen LogP contribution in [0.5, 0.6) is 5.75 Å². The van der Waals surface area contributed by atoms with Gasteiger partial charge in [0.15, 0.2) is 5.82 Å². The molecule has 1 saturated heterocycles. The minimum Gasteiger partial charge on any atom is -0.486 e. The van der Waals surface area contributed by atoms with Crippen LogP contribution in [-0.2, 0) is 6.54 Å². The second-order valence-corrected chi connectivity index (χ2v) is 7.80. The van der Waals surface area contributed by atoms with Crippen LogP contribution in [0.1, 0.15) is 23.0 Å². The molecule has 2 N–H and O–H groups in total. The zero-order valence-electron chi connectivity index (χ0n) is 17.5. The molecule has 0 radical (unpaired) electrons. The Hall–Kier alpha value is -3.79. The van der Waals surface area contributed by atoms with E-state index in [1.807, 2.05) is 6.92 Å². The smallest absolute Gasteiger partial charge is 0.274 e. The predicted octanol–water partition coefficient (Wildman–Crippen LogP) is 1.72. The quantitative estimate of drug-likeness (QED) is 0.494. The first-order valence-corrected chi connectivity index (χ1v) is 10.2. The number of ether oxygens (including phenoxy) is 1. The van der Waals surface area contributed by atoms with E-state index in [4.69, 9.17) is 4.74 Å². The molecular formula is C22H21FN6O3. The number of pyridine rings is 1. The van der Waals surface area contributed by atoms with E-state index < -0.39 is 5.82 Å². The van der Waals surface area contributed by atoms with Crippen molar-refractivity contribution < 1.29 is 13.9 Å². The minimum atomic E-state index is -0.456. The number of aromatic nitrogens is 4. The van der Waals surface area contributed by atoms with Gasteiger partial charge in [0, 0.05) is 31.7 Å².